The molecule has 0 radical (unpaired) electrons. The van der Waals surface area contributed by atoms with Crippen LogP contribution < -0.4 is 24.3 Å². The van der Waals surface area contributed by atoms with Gasteiger partial charge in [0.1, 0.15) is 0 Å². The van der Waals surface area contributed by atoms with Crippen molar-refractivity contribution in [1.82, 2.24) is 5.32 Å². The lowest BCUT2D eigenvalue weighted by molar-refractivity contribution is 0.351. The summed E-state index contributed by atoms with van der Waals surface area (Å²) in [5.41, 5.74) is 1.25. The van der Waals surface area contributed by atoms with Crippen molar-refractivity contribution in [1.29, 1.82) is 0 Å². The van der Waals surface area contributed by atoms with Crippen molar-refractivity contribution in [3.63, 3.8) is 0 Å². The first kappa shape index (κ1) is 12.9. The van der Waals surface area contributed by atoms with E-state index in [4.69, 9.17) is 24.4 Å². The molecule has 0 bridgehead atoms. The highest BCUT2D eigenvalue weighted by Gasteiger charge is 2.23. The monoisotopic (exact) mass is 347 g/mol. The van der Waals surface area contributed by atoms with Crippen molar-refractivity contribution in [3.05, 3.63) is 47.0 Å². The standard InChI is InChI=1S/C20H25NO4/c1-22-17-6-5-13(10-18(17)23-2)9-16-15-12-20(25-4)19(24-3)11-14(15)7-8-21-16/h5-6,10-12,16,21H,7-9H2,1-4H3/t16-/m0/s1/i7D2,9D2. The third-order valence-electron chi connectivity index (χ3n) is 4.15. The largest absolute Gasteiger partial charge is 0.493 e. The smallest absolute Gasteiger partial charge is 0.161 e. The van der Waals surface area contributed by atoms with E-state index in [2.05, 4.69) is 5.32 Å². The summed E-state index contributed by atoms with van der Waals surface area (Å²) in [4.78, 5) is 0. The van der Waals surface area contributed by atoms with Gasteiger partial charge in [-0.25, -0.2) is 0 Å². The van der Waals surface area contributed by atoms with Gasteiger partial charge in [0, 0.05) is 11.5 Å². The molecule has 0 saturated carbocycles. The van der Waals surface area contributed by atoms with Gasteiger partial charge in [-0.05, 0) is 60.2 Å². The van der Waals surface area contributed by atoms with Crippen LogP contribution in [0.4, 0.5) is 0 Å². The third-order valence-corrected chi connectivity index (χ3v) is 4.15. The van der Waals surface area contributed by atoms with Crippen LogP contribution in [0.5, 0.6) is 23.0 Å². The fraction of sp³-hybridized carbons (Fsp3) is 0.400. The number of hydrogen-bond acceptors (Lipinski definition) is 5. The second-order valence-electron chi connectivity index (χ2n) is 5.50. The molecule has 2 aromatic rings. The van der Waals surface area contributed by atoms with Crippen LogP contribution in [0.3, 0.4) is 0 Å². The summed E-state index contributed by atoms with van der Waals surface area (Å²) < 4.78 is 55.7. The summed E-state index contributed by atoms with van der Waals surface area (Å²) >= 11 is 0. The maximum atomic E-state index is 8.86. The lowest BCUT2D eigenvalue weighted by Gasteiger charge is -2.28. The number of nitrogens with one attached hydrogen (secondary N) is 1. The fourth-order valence-electron chi connectivity index (χ4n) is 2.87. The van der Waals surface area contributed by atoms with E-state index in [0.717, 1.165) is 0 Å². The van der Waals surface area contributed by atoms with Gasteiger partial charge in [0.05, 0.1) is 28.4 Å². The van der Waals surface area contributed by atoms with Gasteiger partial charge in [-0.2, -0.15) is 0 Å². The molecule has 0 saturated heterocycles. The molecular weight excluding hydrogens is 318 g/mol. The van der Waals surface area contributed by atoms with E-state index >= 15 is 0 Å². The predicted molar refractivity (Wildman–Crippen MR) is 97.2 cm³/mol. The molecule has 0 unspecified atom stereocenters. The first-order valence-electron chi connectivity index (χ1n) is 9.92. The Morgan fingerprint density at radius 2 is 1.60 bits per heavy atom. The topological polar surface area (TPSA) is 49.0 Å². The van der Waals surface area contributed by atoms with Gasteiger partial charge >= 0.3 is 0 Å². The van der Waals surface area contributed by atoms with Gasteiger partial charge < -0.3 is 24.3 Å². The molecule has 1 atom stereocenters. The molecule has 0 aliphatic carbocycles. The Kier molecular flexibility index (Phi) is 3.95. The number of ether oxygens (including phenoxy) is 4. The normalized spacial score (nSPS) is 21.0. The van der Waals surface area contributed by atoms with Gasteiger partial charge in [0.2, 0.25) is 0 Å². The van der Waals surface area contributed by atoms with E-state index in [9.17, 15) is 0 Å². The number of hydrogen-bond donors (Lipinski definition) is 1. The van der Waals surface area contributed by atoms with E-state index in [1.165, 1.54) is 28.4 Å². The zero-order valence-corrected chi connectivity index (χ0v) is 14.8. The van der Waals surface area contributed by atoms with Crippen molar-refractivity contribution in [2.75, 3.05) is 35.0 Å². The molecule has 134 valence electrons. The first-order chi connectivity index (χ1) is 13.7. The average Bonchev–Trinajstić information content (AvgIpc) is 2.71. The van der Waals surface area contributed by atoms with E-state index in [1.54, 1.807) is 30.3 Å². The molecule has 0 amide bonds. The highest BCUT2D eigenvalue weighted by Crippen LogP contribution is 2.37. The molecule has 5 nitrogen and oxygen atoms in total. The molecule has 1 aliphatic rings. The molecule has 2 aromatic carbocycles. The molecular formula is C20H25NO4. The van der Waals surface area contributed by atoms with Crippen LogP contribution >= 0.6 is 0 Å². The van der Waals surface area contributed by atoms with Gasteiger partial charge in [-0.15, -0.1) is 0 Å². The maximum Gasteiger partial charge on any atom is 0.161 e. The predicted octanol–water partition coefficient (Wildman–Crippen LogP) is 3.15. The second-order valence-corrected chi connectivity index (χ2v) is 5.50. The lowest BCUT2D eigenvalue weighted by atomic mass is 9.89. The zero-order valence-electron chi connectivity index (χ0n) is 18.8. The van der Waals surface area contributed by atoms with Crippen molar-refractivity contribution in [2.45, 2.75) is 18.8 Å². The number of fused-ring (bicyclic) bond motifs is 1. The third kappa shape index (κ3) is 3.51. The minimum absolute atomic E-state index is 0.0348. The molecule has 0 aromatic heterocycles. The number of benzene rings is 2. The Bertz CT molecular complexity index is 904. The molecule has 5 heteroatoms. The Labute approximate surface area is 154 Å². The quantitative estimate of drug-likeness (QED) is 0.870. The minimum Gasteiger partial charge on any atom is -0.493 e. The van der Waals surface area contributed by atoms with Crippen LogP contribution in [0, 0.1) is 0 Å². The molecule has 0 fully saturated rings. The molecule has 0 spiro atoms. The maximum absolute atomic E-state index is 8.86. The lowest BCUT2D eigenvalue weighted by Crippen LogP contribution is -2.31. The highest BCUT2D eigenvalue weighted by atomic mass is 16.5. The van der Waals surface area contributed by atoms with Crippen LogP contribution in [0.15, 0.2) is 30.3 Å². The average molecular weight is 347 g/mol. The van der Waals surface area contributed by atoms with Crippen LogP contribution in [-0.4, -0.2) is 35.0 Å². The van der Waals surface area contributed by atoms with E-state index < -0.39 is 18.8 Å². The Hall–Kier alpha value is -2.40. The van der Waals surface area contributed by atoms with Gasteiger partial charge in [-0.3, -0.25) is 0 Å². The molecule has 1 N–H and O–H groups in total. The molecule has 1 aliphatic heterocycles. The summed E-state index contributed by atoms with van der Waals surface area (Å²) in [6, 6.07) is 7.33. The summed E-state index contributed by atoms with van der Waals surface area (Å²) in [7, 11) is 6.00. The minimum atomic E-state index is -1.87. The zero-order chi connectivity index (χ0) is 21.4. The van der Waals surface area contributed by atoms with Crippen LogP contribution in [0.2, 0.25) is 0 Å². The highest BCUT2D eigenvalue weighted by molar-refractivity contribution is 5.50. The Balaban J connectivity index is 2.14. The fourth-order valence-corrected chi connectivity index (χ4v) is 2.87. The Morgan fingerprint density at radius 3 is 2.28 bits per heavy atom. The van der Waals surface area contributed by atoms with E-state index in [1.807, 2.05) is 0 Å². The van der Waals surface area contributed by atoms with Gasteiger partial charge in [0.25, 0.3) is 0 Å². The molecule has 25 heavy (non-hydrogen) atoms. The Morgan fingerprint density at radius 1 is 0.960 bits per heavy atom. The summed E-state index contributed by atoms with van der Waals surface area (Å²) in [5, 5.41) is 3.04. The van der Waals surface area contributed by atoms with Crippen LogP contribution in [0.1, 0.15) is 28.2 Å². The van der Waals surface area contributed by atoms with E-state index in [-0.39, 0.29) is 6.54 Å². The second kappa shape index (κ2) is 7.66. The van der Waals surface area contributed by atoms with Crippen LogP contribution in [-0.2, 0) is 12.7 Å². The van der Waals surface area contributed by atoms with Gasteiger partial charge in [0.15, 0.2) is 23.0 Å². The first-order valence-corrected chi connectivity index (χ1v) is 7.92. The van der Waals surface area contributed by atoms with Crippen LogP contribution in [0.25, 0.3) is 0 Å². The van der Waals surface area contributed by atoms with Gasteiger partial charge in [-0.1, -0.05) is 6.07 Å². The van der Waals surface area contributed by atoms with E-state index in [0.29, 0.717) is 39.7 Å². The summed E-state index contributed by atoms with van der Waals surface area (Å²) in [6.07, 6.45) is -3.55. The summed E-state index contributed by atoms with van der Waals surface area (Å²) in [5.74, 6) is 1.75. The number of methoxy groups -OCH3 is 4. The van der Waals surface area contributed by atoms with Crippen molar-refractivity contribution in [2.24, 2.45) is 0 Å². The van der Waals surface area contributed by atoms with Crippen molar-refractivity contribution in [3.8, 4) is 23.0 Å². The SMILES string of the molecule is [2H]C1([2H])CN[C@@H](C([2H])([2H])c2ccc(OC)c(OC)c2)c2cc(OC)c(OC)cc21. The molecule has 1 heterocycles. The number of rotatable bonds is 6. The summed E-state index contributed by atoms with van der Waals surface area (Å²) in [6.45, 7) is -0.0348. The van der Waals surface area contributed by atoms with Crippen molar-refractivity contribution >= 4 is 0 Å². The molecule has 3 rings (SSSR count). The van der Waals surface area contributed by atoms with Crippen molar-refractivity contribution < 1.29 is 24.4 Å².